The molecule has 0 aliphatic carbocycles. The summed E-state index contributed by atoms with van der Waals surface area (Å²) in [5.74, 6) is 1.48. The summed E-state index contributed by atoms with van der Waals surface area (Å²) in [6.45, 7) is 7.31. The first-order valence-corrected chi connectivity index (χ1v) is 18.0. The minimum atomic E-state index is 0.0185. The molecule has 3 aliphatic rings. The van der Waals surface area contributed by atoms with Gasteiger partial charge in [-0.3, -0.25) is 24.4 Å². The van der Waals surface area contributed by atoms with E-state index in [0.29, 0.717) is 40.3 Å². The van der Waals surface area contributed by atoms with Crippen molar-refractivity contribution in [2.24, 2.45) is 5.41 Å². The molecule has 2 aromatic carbocycles. The molecule has 0 atom stereocenters. The molecule has 0 saturated carbocycles. The lowest BCUT2D eigenvalue weighted by atomic mass is 9.79. The van der Waals surface area contributed by atoms with Crippen LogP contribution in [0.15, 0.2) is 60.8 Å². The lowest BCUT2D eigenvalue weighted by Gasteiger charge is -2.47. The average Bonchev–Trinajstić information content (AvgIpc) is 3.51. The van der Waals surface area contributed by atoms with Crippen molar-refractivity contribution in [1.29, 1.82) is 0 Å². The van der Waals surface area contributed by atoms with Gasteiger partial charge in [-0.1, -0.05) is 59.6 Å². The summed E-state index contributed by atoms with van der Waals surface area (Å²) in [6, 6.07) is 18.0. The Labute approximate surface area is 308 Å². The monoisotopic (exact) mass is 728 g/mol. The second-order valence-electron chi connectivity index (χ2n) is 13.9. The average molecular weight is 730 g/mol. The van der Waals surface area contributed by atoms with Crippen LogP contribution in [0.1, 0.15) is 37.3 Å². The van der Waals surface area contributed by atoms with Crippen LogP contribution in [0, 0.1) is 5.41 Å². The lowest BCUT2D eigenvalue weighted by Crippen LogP contribution is -2.56. The molecular formula is C39H42Cl2N6O4. The van der Waals surface area contributed by atoms with E-state index < -0.39 is 0 Å². The van der Waals surface area contributed by atoms with Gasteiger partial charge in [-0.2, -0.15) is 0 Å². The summed E-state index contributed by atoms with van der Waals surface area (Å²) in [7, 11) is 3.30. The lowest BCUT2D eigenvalue weighted by molar-refractivity contribution is -0.121. The van der Waals surface area contributed by atoms with E-state index in [1.54, 1.807) is 27.3 Å². The maximum absolute atomic E-state index is 11.8. The smallest absolute Gasteiger partial charge is 0.220 e. The molecule has 0 bridgehead atoms. The number of ether oxygens (including phenoxy) is 2. The fraction of sp³-hybridized carbons (Fsp3) is 0.385. The zero-order chi connectivity index (χ0) is 35.7. The highest BCUT2D eigenvalue weighted by Gasteiger charge is 2.47. The van der Waals surface area contributed by atoms with Gasteiger partial charge < -0.3 is 20.1 Å². The van der Waals surface area contributed by atoms with Gasteiger partial charge in [0.1, 0.15) is 5.75 Å². The molecule has 7 rings (SSSR count). The second kappa shape index (κ2) is 14.8. The van der Waals surface area contributed by atoms with Crippen molar-refractivity contribution >= 4 is 35.0 Å². The Morgan fingerprint density at radius 1 is 0.941 bits per heavy atom. The third-order valence-corrected chi connectivity index (χ3v) is 11.0. The number of hydrogen-bond donors (Lipinski definition) is 2. The van der Waals surface area contributed by atoms with Crippen molar-refractivity contribution in [1.82, 2.24) is 30.4 Å². The minimum Gasteiger partial charge on any atom is -0.496 e. The number of carbonyl (C=O) groups excluding carboxylic acids is 2. The van der Waals surface area contributed by atoms with Gasteiger partial charge in [0.2, 0.25) is 17.7 Å². The van der Waals surface area contributed by atoms with Crippen LogP contribution in [0.5, 0.6) is 11.6 Å². The quantitative estimate of drug-likeness (QED) is 0.198. The Morgan fingerprint density at radius 2 is 1.67 bits per heavy atom. The molecule has 10 nitrogen and oxygen atoms in total. The Balaban J connectivity index is 1.09. The molecule has 2 aromatic heterocycles. The summed E-state index contributed by atoms with van der Waals surface area (Å²) in [6.07, 6.45) is 4.17. The summed E-state index contributed by atoms with van der Waals surface area (Å²) >= 11 is 14.2. The van der Waals surface area contributed by atoms with Crippen LogP contribution >= 0.6 is 23.2 Å². The Morgan fingerprint density at radius 3 is 2.37 bits per heavy atom. The summed E-state index contributed by atoms with van der Waals surface area (Å²) < 4.78 is 11.6. The van der Waals surface area contributed by atoms with Crippen LogP contribution in [0.2, 0.25) is 10.0 Å². The highest BCUT2D eigenvalue weighted by molar-refractivity contribution is 6.39. The number of aromatic nitrogens is 2. The summed E-state index contributed by atoms with van der Waals surface area (Å²) in [4.78, 5) is 37.5. The number of rotatable bonds is 10. The first-order chi connectivity index (χ1) is 24.6. The molecule has 3 fully saturated rings. The number of halogens is 2. The number of likely N-dealkylation sites (tertiary alicyclic amines) is 2. The van der Waals surface area contributed by atoms with Crippen LogP contribution in [0.3, 0.4) is 0 Å². The number of carbonyl (C=O) groups is 2. The molecule has 1 spiro atoms. The largest absolute Gasteiger partial charge is 0.496 e. The van der Waals surface area contributed by atoms with E-state index in [9.17, 15) is 9.59 Å². The number of piperidine rings is 1. The molecule has 266 valence electrons. The van der Waals surface area contributed by atoms with Crippen molar-refractivity contribution in [2.75, 3.05) is 46.9 Å². The van der Waals surface area contributed by atoms with E-state index in [1.807, 2.05) is 48.5 Å². The first-order valence-electron chi connectivity index (χ1n) is 17.3. The maximum Gasteiger partial charge on any atom is 0.220 e. The molecular weight excluding hydrogens is 687 g/mol. The molecule has 2 N–H and O–H groups in total. The zero-order valence-corrected chi connectivity index (χ0v) is 30.6. The third kappa shape index (κ3) is 7.42. The van der Waals surface area contributed by atoms with E-state index in [1.165, 1.54) is 0 Å². The van der Waals surface area contributed by atoms with Crippen molar-refractivity contribution < 1.29 is 19.1 Å². The maximum atomic E-state index is 11.8. The van der Waals surface area contributed by atoms with Crippen molar-refractivity contribution in [3.63, 3.8) is 0 Å². The van der Waals surface area contributed by atoms with Crippen LogP contribution in [-0.4, -0.2) is 84.6 Å². The van der Waals surface area contributed by atoms with Gasteiger partial charge in [0.15, 0.2) is 0 Å². The molecule has 51 heavy (non-hydrogen) atoms. The van der Waals surface area contributed by atoms with E-state index >= 15 is 0 Å². The van der Waals surface area contributed by atoms with Crippen LogP contribution in [0.25, 0.3) is 33.6 Å². The molecule has 0 unspecified atom stereocenters. The Kier molecular flexibility index (Phi) is 10.2. The number of pyridine rings is 2. The Bertz CT molecular complexity index is 1960. The van der Waals surface area contributed by atoms with Crippen molar-refractivity contribution in [3.05, 3.63) is 82.0 Å². The molecule has 3 aliphatic heterocycles. The summed E-state index contributed by atoms with van der Waals surface area (Å²) in [5, 5.41) is 7.01. The van der Waals surface area contributed by atoms with Gasteiger partial charge in [0.05, 0.1) is 35.7 Å². The number of nitrogens with zero attached hydrogens (tertiary/aromatic N) is 4. The number of benzene rings is 2. The highest BCUT2D eigenvalue weighted by Crippen LogP contribution is 2.43. The fourth-order valence-corrected chi connectivity index (χ4v) is 8.37. The second-order valence-corrected chi connectivity index (χ2v) is 14.7. The SMILES string of the molecule is COc1cc(-c2nccc(-c3cccc(-c4ccc(CN5CCC(NC(C)=O)CC5)c(OC)n4)c3Cl)c2Cl)ccc1CN1CC2(CNC(=O)C2)C1. The molecule has 0 radical (unpaired) electrons. The van der Waals surface area contributed by atoms with Gasteiger partial charge in [-0.25, -0.2) is 4.98 Å². The van der Waals surface area contributed by atoms with E-state index in [2.05, 4.69) is 31.5 Å². The van der Waals surface area contributed by atoms with Crippen LogP contribution < -0.4 is 20.1 Å². The predicted molar refractivity (Wildman–Crippen MR) is 199 cm³/mol. The molecule has 2 amide bonds. The highest BCUT2D eigenvalue weighted by atomic mass is 35.5. The number of methoxy groups -OCH3 is 2. The number of nitrogens with one attached hydrogen (secondary N) is 2. The molecule has 5 heterocycles. The minimum absolute atomic E-state index is 0.0185. The van der Waals surface area contributed by atoms with Gasteiger partial charge in [0, 0.05) is 110 Å². The number of hydrogen-bond acceptors (Lipinski definition) is 8. The van der Waals surface area contributed by atoms with Crippen LogP contribution in [-0.2, 0) is 22.7 Å². The Hall–Kier alpha value is -4.22. The fourth-order valence-electron chi connectivity index (χ4n) is 7.72. The predicted octanol–water partition coefficient (Wildman–Crippen LogP) is 6.22. The van der Waals surface area contributed by atoms with Gasteiger partial charge in [-0.05, 0) is 31.0 Å². The first kappa shape index (κ1) is 35.2. The van der Waals surface area contributed by atoms with Gasteiger partial charge in [-0.15, -0.1) is 0 Å². The van der Waals surface area contributed by atoms with Crippen molar-refractivity contribution in [2.45, 2.75) is 45.3 Å². The molecule has 3 saturated heterocycles. The summed E-state index contributed by atoms with van der Waals surface area (Å²) in [5.41, 5.74) is 6.58. The van der Waals surface area contributed by atoms with E-state index in [0.717, 1.165) is 91.2 Å². The number of amides is 2. The third-order valence-electron chi connectivity index (χ3n) is 10.2. The molecule has 4 aromatic rings. The van der Waals surface area contributed by atoms with Gasteiger partial charge >= 0.3 is 0 Å². The molecule has 12 heteroatoms. The van der Waals surface area contributed by atoms with E-state index in [-0.39, 0.29) is 23.3 Å². The topological polar surface area (TPSA) is 109 Å². The van der Waals surface area contributed by atoms with Gasteiger partial charge in [0.25, 0.3) is 0 Å². The zero-order valence-electron chi connectivity index (χ0n) is 29.1. The standard InChI is InChI=1S/C39H42Cl2N6O4/c1-24(48)44-28-12-15-46(16-13-28)20-27-9-10-32(45-38(27)51-3)31-6-4-5-29(35(31)40)30-11-14-42-37(36(30)41)25-7-8-26(33(17-25)50-2)19-47-22-39(23-47)18-34(49)43-21-39/h4-11,14,17,28H,12-13,15-16,18-23H2,1-3H3,(H,43,49)(H,44,48). The van der Waals surface area contributed by atoms with E-state index in [4.69, 9.17) is 37.7 Å². The normalized spacial score (nSPS) is 17.6. The van der Waals surface area contributed by atoms with Crippen LogP contribution in [0.4, 0.5) is 0 Å². The van der Waals surface area contributed by atoms with Crippen molar-refractivity contribution in [3.8, 4) is 45.3 Å².